The highest BCUT2D eigenvalue weighted by atomic mass is 79.9. The second kappa shape index (κ2) is 4.23. The second-order valence-electron chi connectivity index (χ2n) is 2.15. The number of nitrogens with one attached hydrogen (secondary N) is 1. The Balaban J connectivity index is 2.81. The third kappa shape index (κ3) is 2.32. The van der Waals surface area contributed by atoms with Gasteiger partial charge in [-0.2, -0.15) is 0 Å². The SMILES string of the molecule is CONC(=O)c1cccc(Br)c1. The van der Waals surface area contributed by atoms with Crippen LogP contribution in [0.3, 0.4) is 0 Å². The van der Waals surface area contributed by atoms with Crippen LogP contribution in [-0.2, 0) is 4.84 Å². The van der Waals surface area contributed by atoms with Gasteiger partial charge in [0.05, 0.1) is 7.11 Å². The predicted molar refractivity (Wildman–Crippen MR) is 48.6 cm³/mol. The summed E-state index contributed by atoms with van der Waals surface area (Å²) in [5.41, 5.74) is 2.79. The Labute approximate surface area is 78.8 Å². The summed E-state index contributed by atoms with van der Waals surface area (Å²) in [7, 11) is 1.40. The van der Waals surface area contributed by atoms with Gasteiger partial charge in [0.25, 0.3) is 5.91 Å². The summed E-state index contributed by atoms with van der Waals surface area (Å²) >= 11 is 3.26. The van der Waals surface area contributed by atoms with Crippen LogP contribution < -0.4 is 5.48 Å². The monoisotopic (exact) mass is 229 g/mol. The van der Waals surface area contributed by atoms with Crippen molar-refractivity contribution in [3.8, 4) is 0 Å². The quantitative estimate of drug-likeness (QED) is 0.786. The molecule has 0 saturated heterocycles. The zero-order chi connectivity index (χ0) is 8.97. The maximum atomic E-state index is 11.1. The highest BCUT2D eigenvalue weighted by Crippen LogP contribution is 2.11. The molecule has 0 radical (unpaired) electrons. The zero-order valence-electron chi connectivity index (χ0n) is 6.50. The van der Waals surface area contributed by atoms with E-state index in [9.17, 15) is 4.79 Å². The Kier molecular flexibility index (Phi) is 3.25. The fraction of sp³-hybridized carbons (Fsp3) is 0.125. The first-order valence-electron chi connectivity index (χ1n) is 3.33. The van der Waals surface area contributed by atoms with Crippen molar-refractivity contribution in [1.82, 2.24) is 5.48 Å². The number of amides is 1. The Morgan fingerprint density at radius 3 is 2.92 bits per heavy atom. The normalized spacial score (nSPS) is 9.50. The summed E-state index contributed by atoms with van der Waals surface area (Å²) < 4.78 is 0.867. The van der Waals surface area contributed by atoms with E-state index in [0.717, 1.165) is 4.47 Å². The van der Waals surface area contributed by atoms with Crippen LogP contribution in [-0.4, -0.2) is 13.0 Å². The number of rotatable bonds is 2. The minimum absolute atomic E-state index is 0.251. The lowest BCUT2D eigenvalue weighted by molar-refractivity contribution is 0.0537. The van der Waals surface area contributed by atoms with Gasteiger partial charge in [0, 0.05) is 10.0 Å². The Morgan fingerprint density at radius 1 is 1.58 bits per heavy atom. The minimum Gasteiger partial charge on any atom is -0.277 e. The van der Waals surface area contributed by atoms with E-state index in [-0.39, 0.29) is 5.91 Å². The molecule has 0 saturated carbocycles. The van der Waals surface area contributed by atoms with Crippen LogP contribution in [0.2, 0.25) is 0 Å². The summed E-state index contributed by atoms with van der Waals surface area (Å²) in [5.74, 6) is -0.251. The molecule has 3 nitrogen and oxygen atoms in total. The van der Waals surface area contributed by atoms with Crippen LogP contribution in [0.25, 0.3) is 0 Å². The summed E-state index contributed by atoms with van der Waals surface area (Å²) in [6.45, 7) is 0. The van der Waals surface area contributed by atoms with Gasteiger partial charge in [-0.3, -0.25) is 9.63 Å². The highest BCUT2D eigenvalue weighted by Gasteiger charge is 2.03. The standard InChI is InChI=1S/C8H8BrNO2/c1-12-10-8(11)6-3-2-4-7(9)5-6/h2-5H,1H3,(H,10,11). The molecule has 0 aliphatic heterocycles. The number of carbonyl (C=O) groups is 1. The van der Waals surface area contributed by atoms with E-state index in [1.165, 1.54) is 7.11 Å². The van der Waals surface area contributed by atoms with Crippen molar-refractivity contribution in [3.05, 3.63) is 34.3 Å². The Hall–Kier alpha value is -0.870. The molecule has 0 fully saturated rings. The molecule has 0 aliphatic carbocycles. The summed E-state index contributed by atoms with van der Waals surface area (Å²) in [6.07, 6.45) is 0. The number of hydrogen-bond donors (Lipinski definition) is 1. The third-order valence-corrected chi connectivity index (χ3v) is 1.77. The second-order valence-corrected chi connectivity index (χ2v) is 3.06. The van der Waals surface area contributed by atoms with Crippen molar-refractivity contribution in [1.29, 1.82) is 0 Å². The molecular formula is C8H8BrNO2. The van der Waals surface area contributed by atoms with Gasteiger partial charge in [0.1, 0.15) is 0 Å². The molecule has 1 aromatic rings. The minimum atomic E-state index is -0.251. The van der Waals surface area contributed by atoms with E-state index in [1.807, 2.05) is 6.07 Å². The van der Waals surface area contributed by atoms with Gasteiger partial charge in [0.15, 0.2) is 0 Å². The molecule has 0 aliphatic rings. The van der Waals surface area contributed by atoms with E-state index >= 15 is 0 Å². The van der Waals surface area contributed by atoms with Crippen molar-refractivity contribution in [2.45, 2.75) is 0 Å². The Morgan fingerprint density at radius 2 is 2.33 bits per heavy atom. The Bertz CT molecular complexity index is 288. The van der Waals surface area contributed by atoms with Gasteiger partial charge in [0.2, 0.25) is 0 Å². The first-order chi connectivity index (χ1) is 5.74. The number of carbonyl (C=O) groups excluding carboxylic acids is 1. The van der Waals surface area contributed by atoms with Gasteiger partial charge in [-0.05, 0) is 18.2 Å². The topological polar surface area (TPSA) is 38.3 Å². The summed E-state index contributed by atoms with van der Waals surface area (Å²) in [6, 6.07) is 7.06. The van der Waals surface area contributed by atoms with E-state index in [4.69, 9.17) is 0 Å². The first kappa shape index (κ1) is 9.22. The average Bonchev–Trinajstić information content (AvgIpc) is 2.05. The number of hydrogen-bond acceptors (Lipinski definition) is 2. The molecule has 0 aromatic heterocycles. The van der Waals surface area contributed by atoms with Gasteiger partial charge < -0.3 is 0 Å². The maximum Gasteiger partial charge on any atom is 0.274 e. The lowest BCUT2D eigenvalue weighted by Gasteiger charge is -2.01. The molecule has 64 valence electrons. The largest absolute Gasteiger partial charge is 0.277 e. The number of benzene rings is 1. The van der Waals surface area contributed by atoms with Gasteiger partial charge in [-0.25, -0.2) is 5.48 Å². The van der Waals surface area contributed by atoms with Gasteiger partial charge in [-0.1, -0.05) is 22.0 Å². The summed E-state index contributed by atoms with van der Waals surface area (Å²) in [5, 5.41) is 0. The molecular weight excluding hydrogens is 222 g/mol. The molecule has 4 heteroatoms. The fourth-order valence-electron chi connectivity index (χ4n) is 0.781. The number of halogens is 1. The van der Waals surface area contributed by atoms with Crippen LogP contribution in [0, 0.1) is 0 Å². The molecule has 1 aromatic carbocycles. The van der Waals surface area contributed by atoms with Crippen molar-refractivity contribution >= 4 is 21.8 Å². The fourth-order valence-corrected chi connectivity index (χ4v) is 1.18. The summed E-state index contributed by atoms with van der Waals surface area (Å²) in [4.78, 5) is 15.6. The molecule has 0 spiro atoms. The molecule has 12 heavy (non-hydrogen) atoms. The molecule has 1 amide bonds. The van der Waals surface area contributed by atoms with Crippen LogP contribution in [0.5, 0.6) is 0 Å². The van der Waals surface area contributed by atoms with E-state index in [0.29, 0.717) is 5.56 Å². The van der Waals surface area contributed by atoms with Crippen molar-refractivity contribution in [2.24, 2.45) is 0 Å². The van der Waals surface area contributed by atoms with Crippen molar-refractivity contribution in [3.63, 3.8) is 0 Å². The lowest BCUT2D eigenvalue weighted by Crippen LogP contribution is -2.21. The highest BCUT2D eigenvalue weighted by molar-refractivity contribution is 9.10. The molecule has 1 rings (SSSR count). The number of hydroxylamine groups is 1. The molecule has 0 heterocycles. The zero-order valence-corrected chi connectivity index (χ0v) is 8.09. The molecule has 0 atom stereocenters. The van der Waals surface area contributed by atoms with E-state index in [1.54, 1.807) is 18.2 Å². The van der Waals surface area contributed by atoms with Crippen molar-refractivity contribution in [2.75, 3.05) is 7.11 Å². The van der Waals surface area contributed by atoms with Crippen LogP contribution >= 0.6 is 15.9 Å². The predicted octanol–water partition coefficient (Wildman–Crippen LogP) is 1.74. The van der Waals surface area contributed by atoms with Crippen LogP contribution in [0.1, 0.15) is 10.4 Å². The van der Waals surface area contributed by atoms with Crippen molar-refractivity contribution < 1.29 is 9.63 Å². The van der Waals surface area contributed by atoms with E-state index in [2.05, 4.69) is 26.2 Å². The van der Waals surface area contributed by atoms with Crippen LogP contribution in [0.4, 0.5) is 0 Å². The molecule has 0 bridgehead atoms. The van der Waals surface area contributed by atoms with Gasteiger partial charge in [-0.15, -0.1) is 0 Å². The van der Waals surface area contributed by atoms with Gasteiger partial charge >= 0.3 is 0 Å². The first-order valence-corrected chi connectivity index (χ1v) is 4.12. The van der Waals surface area contributed by atoms with E-state index < -0.39 is 0 Å². The molecule has 0 unspecified atom stereocenters. The third-order valence-electron chi connectivity index (χ3n) is 1.28. The average molecular weight is 230 g/mol. The smallest absolute Gasteiger partial charge is 0.274 e. The lowest BCUT2D eigenvalue weighted by atomic mass is 10.2. The maximum absolute atomic E-state index is 11.1. The molecule has 1 N–H and O–H groups in total. The van der Waals surface area contributed by atoms with Crippen LogP contribution in [0.15, 0.2) is 28.7 Å².